The summed E-state index contributed by atoms with van der Waals surface area (Å²) >= 11 is 0. The monoisotopic (exact) mass is 552 g/mol. The molecule has 6 rings (SSSR count). The lowest BCUT2D eigenvalue weighted by Crippen LogP contribution is -2.52. The molecule has 0 aromatic heterocycles. The number of hydrogen-bond donors (Lipinski definition) is 1. The highest BCUT2D eigenvalue weighted by atomic mass is 32.2. The summed E-state index contributed by atoms with van der Waals surface area (Å²) in [6, 6.07) is 10.3. The van der Waals surface area contributed by atoms with Gasteiger partial charge in [-0.3, -0.25) is 24.6 Å². The molecule has 3 amide bonds. The van der Waals surface area contributed by atoms with Crippen LogP contribution >= 0.6 is 0 Å². The van der Waals surface area contributed by atoms with Crippen LogP contribution in [0.2, 0.25) is 0 Å². The molecule has 10 nitrogen and oxygen atoms in total. The molecule has 0 aliphatic carbocycles. The number of imide groups is 1. The minimum atomic E-state index is -3.44. The summed E-state index contributed by atoms with van der Waals surface area (Å²) < 4.78 is 32.2. The fourth-order valence-electron chi connectivity index (χ4n) is 6.27. The third kappa shape index (κ3) is 4.32. The quantitative estimate of drug-likeness (QED) is 0.561. The first kappa shape index (κ1) is 26.0. The van der Waals surface area contributed by atoms with Crippen molar-refractivity contribution in [1.82, 2.24) is 19.4 Å². The molecule has 39 heavy (non-hydrogen) atoms. The van der Waals surface area contributed by atoms with Gasteiger partial charge in [0.2, 0.25) is 21.8 Å². The van der Waals surface area contributed by atoms with Gasteiger partial charge in [-0.1, -0.05) is 18.2 Å². The van der Waals surface area contributed by atoms with E-state index in [4.69, 9.17) is 4.74 Å². The standard InChI is InChI=1S/C28H32N4O6S/c1-30(2)39(36,37)19-5-3-18(4-6-19)15-31-13-11-28(12-14-31)17-38-25-21-16-32(23-9-10-24(33)29-26(23)34)27(35)20(21)7-8-22(25)28/h3-8,23H,9-17H2,1-2H3,(H,29,33,34). The zero-order chi connectivity index (χ0) is 27.5. The van der Waals surface area contributed by atoms with E-state index in [2.05, 4.69) is 10.2 Å². The Morgan fingerprint density at radius 2 is 1.77 bits per heavy atom. The molecule has 2 aromatic rings. The van der Waals surface area contributed by atoms with Crippen LogP contribution < -0.4 is 10.1 Å². The minimum absolute atomic E-state index is 0.115. The van der Waals surface area contributed by atoms with Crippen LogP contribution in [0, 0.1) is 0 Å². The molecule has 0 saturated carbocycles. The van der Waals surface area contributed by atoms with Gasteiger partial charge in [0.05, 0.1) is 18.0 Å². The van der Waals surface area contributed by atoms with E-state index in [0.717, 1.165) is 54.9 Å². The molecule has 11 heteroatoms. The summed E-state index contributed by atoms with van der Waals surface area (Å²) in [5.74, 6) is -0.122. The molecule has 2 aromatic carbocycles. The molecular formula is C28H32N4O6S. The minimum Gasteiger partial charge on any atom is -0.492 e. The van der Waals surface area contributed by atoms with E-state index >= 15 is 0 Å². The van der Waals surface area contributed by atoms with Crippen molar-refractivity contribution in [3.05, 3.63) is 58.7 Å². The van der Waals surface area contributed by atoms with Crippen molar-refractivity contribution in [2.24, 2.45) is 0 Å². The molecule has 4 heterocycles. The van der Waals surface area contributed by atoms with Crippen molar-refractivity contribution < 1.29 is 27.5 Å². The highest BCUT2D eigenvalue weighted by Crippen LogP contribution is 2.49. The number of nitrogens with one attached hydrogen (secondary N) is 1. The van der Waals surface area contributed by atoms with Crippen molar-refractivity contribution in [2.45, 2.75) is 55.1 Å². The van der Waals surface area contributed by atoms with Gasteiger partial charge < -0.3 is 9.64 Å². The first-order valence-corrected chi connectivity index (χ1v) is 14.7. The van der Waals surface area contributed by atoms with E-state index in [1.54, 1.807) is 17.0 Å². The molecule has 1 spiro atoms. The average molecular weight is 553 g/mol. The lowest BCUT2D eigenvalue weighted by molar-refractivity contribution is -0.136. The number of fused-ring (bicyclic) bond motifs is 4. The van der Waals surface area contributed by atoms with E-state index in [-0.39, 0.29) is 28.5 Å². The van der Waals surface area contributed by atoms with Crippen molar-refractivity contribution >= 4 is 27.7 Å². The average Bonchev–Trinajstić information content (AvgIpc) is 3.44. The number of ether oxygens (including phenoxy) is 1. The zero-order valence-corrected chi connectivity index (χ0v) is 22.9. The Hall–Kier alpha value is -3.28. The van der Waals surface area contributed by atoms with Gasteiger partial charge in [-0.05, 0) is 56.1 Å². The van der Waals surface area contributed by atoms with Crippen LogP contribution in [0.15, 0.2) is 41.3 Å². The lowest BCUT2D eigenvalue weighted by Gasteiger charge is -2.38. The molecule has 2 saturated heterocycles. The predicted molar refractivity (Wildman–Crippen MR) is 141 cm³/mol. The van der Waals surface area contributed by atoms with Gasteiger partial charge in [-0.2, -0.15) is 0 Å². The Balaban J connectivity index is 1.14. The molecular weight excluding hydrogens is 520 g/mol. The number of likely N-dealkylation sites (tertiary alicyclic amines) is 1. The number of benzene rings is 2. The third-order valence-corrected chi connectivity index (χ3v) is 10.5. The van der Waals surface area contributed by atoms with Crippen LogP contribution in [-0.2, 0) is 38.1 Å². The normalized spacial score (nSPS) is 22.7. The first-order chi connectivity index (χ1) is 18.6. The molecule has 4 aliphatic rings. The summed E-state index contributed by atoms with van der Waals surface area (Å²) in [6.45, 7) is 3.37. The molecule has 0 radical (unpaired) electrons. The van der Waals surface area contributed by atoms with Crippen molar-refractivity contribution in [1.29, 1.82) is 0 Å². The Morgan fingerprint density at radius 1 is 1.05 bits per heavy atom. The van der Waals surface area contributed by atoms with Crippen LogP contribution in [0.1, 0.15) is 52.7 Å². The Bertz CT molecular complexity index is 1460. The fraction of sp³-hybridized carbons (Fsp3) is 0.464. The maximum absolute atomic E-state index is 13.2. The number of sulfonamides is 1. The van der Waals surface area contributed by atoms with Gasteiger partial charge in [0.25, 0.3) is 5.91 Å². The number of amides is 3. The van der Waals surface area contributed by atoms with Crippen LogP contribution in [0.4, 0.5) is 0 Å². The first-order valence-electron chi connectivity index (χ1n) is 13.3. The summed E-state index contributed by atoms with van der Waals surface area (Å²) in [6.07, 6.45) is 2.39. The topological polar surface area (TPSA) is 116 Å². The summed E-state index contributed by atoms with van der Waals surface area (Å²) in [4.78, 5) is 41.4. The SMILES string of the molecule is CN(C)S(=O)(=O)c1ccc(CN2CCC3(CC2)COc2c3ccc3c2CN(C2CCC(=O)NC2=O)C3=O)cc1. The summed E-state index contributed by atoms with van der Waals surface area (Å²) in [5, 5.41) is 2.35. The lowest BCUT2D eigenvalue weighted by atomic mass is 9.74. The summed E-state index contributed by atoms with van der Waals surface area (Å²) in [7, 11) is -0.393. The second-order valence-corrected chi connectivity index (χ2v) is 13.3. The number of rotatable bonds is 5. The molecule has 0 bridgehead atoms. The Labute approximate surface area is 227 Å². The largest absolute Gasteiger partial charge is 0.492 e. The van der Waals surface area contributed by atoms with Gasteiger partial charge in [0.1, 0.15) is 11.8 Å². The number of carbonyl (C=O) groups excluding carboxylic acids is 3. The van der Waals surface area contributed by atoms with Crippen molar-refractivity contribution in [2.75, 3.05) is 33.8 Å². The fourth-order valence-corrected chi connectivity index (χ4v) is 7.17. The van der Waals surface area contributed by atoms with Crippen LogP contribution in [0.3, 0.4) is 0 Å². The van der Waals surface area contributed by atoms with Gasteiger partial charge in [0, 0.05) is 49.2 Å². The molecule has 2 fully saturated rings. The molecule has 4 aliphatic heterocycles. The molecule has 1 unspecified atom stereocenters. The van der Waals surface area contributed by atoms with Gasteiger partial charge in [-0.15, -0.1) is 0 Å². The number of hydrogen-bond acceptors (Lipinski definition) is 7. The molecule has 1 N–H and O–H groups in total. The van der Waals surface area contributed by atoms with Crippen LogP contribution in [-0.4, -0.2) is 80.1 Å². The zero-order valence-electron chi connectivity index (χ0n) is 22.1. The van der Waals surface area contributed by atoms with Gasteiger partial charge in [-0.25, -0.2) is 12.7 Å². The van der Waals surface area contributed by atoms with Crippen LogP contribution in [0.25, 0.3) is 0 Å². The maximum Gasteiger partial charge on any atom is 0.255 e. The number of nitrogens with zero attached hydrogens (tertiary/aromatic N) is 3. The Morgan fingerprint density at radius 3 is 2.44 bits per heavy atom. The van der Waals surface area contributed by atoms with Crippen LogP contribution in [0.5, 0.6) is 5.75 Å². The van der Waals surface area contributed by atoms with E-state index in [9.17, 15) is 22.8 Å². The highest BCUT2D eigenvalue weighted by Gasteiger charge is 2.47. The number of piperidine rings is 2. The number of carbonyl (C=O) groups is 3. The van der Waals surface area contributed by atoms with Crippen molar-refractivity contribution in [3.63, 3.8) is 0 Å². The van der Waals surface area contributed by atoms with E-state index in [0.29, 0.717) is 25.1 Å². The second kappa shape index (κ2) is 9.42. The van der Waals surface area contributed by atoms with Gasteiger partial charge in [0.15, 0.2) is 0 Å². The molecule has 1 atom stereocenters. The van der Waals surface area contributed by atoms with E-state index < -0.39 is 22.0 Å². The Kier molecular flexibility index (Phi) is 6.28. The third-order valence-electron chi connectivity index (χ3n) is 8.65. The highest BCUT2D eigenvalue weighted by molar-refractivity contribution is 7.89. The van der Waals surface area contributed by atoms with Crippen molar-refractivity contribution in [3.8, 4) is 5.75 Å². The second-order valence-electron chi connectivity index (χ2n) is 11.1. The molecule has 206 valence electrons. The smallest absolute Gasteiger partial charge is 0.255 e. The predicted octanol–water partition coefficient (Wildman–Crippen LogP) is 1.62. The van der Waals surface area contributed by atoms with E-state index in [1.165, 1.54) is 18.4 Å². The van der Waals surface area contributed by atoms with E-state index in [1.807, 2.05) is 24.3 Å². The summed E-state index contributed by atoms with van der Waals surface area (Å²) in [5.41, 5.74) is 3.51. The maximum atomic E-state index is 13.2. The van der Waals surface area contributed by atoms with Gasteiger partial charge >= 0.3 is 0 Å².